The number of aromatic nitrogens is 1. The molecule has 1 atom stereocenters. The molecule has 0 aliphatic carbocycles. The van der Waals surface area contributed by atoms with E-state index in [2.05, 4.69) is 10.3 Å². The predicted molar refractivity (Wildman–Crippen MR) is 150 cm³/mol. The molecule has 1 aromatic heterocycles. The lowest BCUT2D eigenvalue weighted by molar-refractivity contribution is 0.0917. The third-order valence-electron chi connectivity index (χ3n) is 7.30. The number of carbonyl (C=O) groups is 1. The predicted octanol–water partition coefficient (Wildman–Crippen LogP) is 5.58. The quantitative estimate of drug-likeness (QED) is 0.217. The number of methoxy groups -OCH3 is 1. The van der Waals surface area contributed by atoms with E-state index in [1.165, 1.54) is 13.2 Å². The third kappa shape index (κ3) is 4.52. The molecule has 7 nitrogen and oxygen atoms in total. The number of ether oxygens (including phenoxy) is 2. The molecule has 4 aromatic carbocycles. The monoisotopic (exact) mass is 538 g/mol. The van der Waals surface area contributed by atoms with Gasteiger partial charge in [0.1, 0.15) is 18.2 Å². The van der Waals surface area contributed by atoms with Gasteiger partial charge in [-0.25, -0.2) is 4.39 Å². The zero-order valence-corrected chi connectivity index (χ0v) is 21.7. The fourth-order valence-electron chi connectivity index (χ4n) is 5.29. The van der Waals surface area contributed by atoms with Crippen LogP contribution in [0.25, 0.3) is 33.2 Å². The Labute approximate surface area is 229 Å². The van der Waals surface area contributed by atoms with Gasteiger partial charge >= 0.3 is 0 Å². The number of rotatable bonds is 7. The summed E-state index contributed by atoms with van der Waals surface area (Å²) in [6, 6.07) is 20.1. The van der Waals surface area contributed by atoms with E-state index in [0.717, 1.165) is 27.6 Å². The largest absolute Gasteiger partial charge is 0.504 e. The number of hydrogen-bond donors (Lipinski definition) is 4. The van der Waals surface area contributed by atoms with Gasteiger partial charge in [0.15, 0.2) is 11.5 Å². The van der Waals surface area contributed by atoms with Crippen molar-refractivity contribution in [3.05, 3.63) is 102 Å². The van der Waals surface area contributed by atoms with Gasteiger partial charge in [0, 0.05) is 44.9 Å². The first-order chi connectivity index (χ1) is 19.5. The number of amides is 1. The van der Waals surface area contributed by atoms with E-state index in [1.54, 1.807) is 42.5 Å². The summed E-state index contributed by atoms with van der Waals surface area (Å²) in [6.07, 6.45) is 2.27. The minimum Gasteiger partial charge on any atom is -0.504 e. The van der Waals surface area contributed by atoms with Crippen molar-refractivity contribution in [2.45, 2.75) is 19.1 Å². The van der Waals surface area contributed by atoms with E-state index in [0.29, 0.717) is 23.3 Å². The highest BCUT2D eigenvalue weighted by molar-refractivity contribution is 6.03. The van der Waals surface area contributed by atoms with E-state index in [1.807, 2.05) is 30.5 Å². The van der Waals surface area contributed by atoms with Crippen LogP contribution < -0.4 is 14.8 Å². The van der Waals surface area contributed by atoms with Gasteiger partial charge in [0.05, 0.1) is 19.8 Å². The van der Waals surface area contributed by atoms with Gasteiger partial charge in [-0.15, -0.1) is 0 Å². The molecule has 0 saturated carbocycles. The van der Waals surface area contributed by atoms with Crippen molar-refractivity contribution in [1.29, 1.82) is 0 Å². The second-order valence-electron chi connectivity index (χ2n) is 9.76. The van der Waals surface area contributed by atoms with Crippen LogP contribution in [0.1, 0.15) is 21.5 Å². The lowest BCUT2D eigenvalue weighted by Crippen LogP contribution is -2.39. The average Bonchev–Trinajstić information content (AvgIpc) is 3.38. The smallest absolute Gasteiger partial charge is 0.252 e. The summed E-state index contributed by atoms with van der Waals surface area (Å²) in [6.45, 7) is -0.0903. The van der Waals surface area contributed by atoms with Crippen molar-refractivity contribution in [1.82, 2.24) is 10.3 Å². The van der Waals surface area contributed by atoms with Gasteiger partial charge in [-0.1, -0.05) is 36.4 Å². The average molecular weight is 539 g/mol. The summed E-state index contributed by atoms with van der Waals surface area (Å²) < 4.78 is 26.3. The molecule has 0 radical (unpaired) electrons. The molecule has 0 bridgehead atoms. The summed E-state index contributed by atoms with van der Waals surface area (Å²) in [4.78, 5) is 17.0. The molecule has 0 saturated heterocycles. The SMILES string of the molecule is COc1cc2c(cc1O)COc1cc(-c3ccccc3F)c(C(=O)NC(CO)Cc3c[nH]c4ccccc34)cc1-2. The first kappa shape index (κ1) is 25.5. The fraction of sp³-hybridized carbons (Fsp3) is 0.156. The van der Waals surface area contributed by atoms with Gasteiger partial charge in [-0.3, -0.25) is 4.79 Å². The molecule has 2 heterocycles. The Hall–Kier alpha value is -4.82. The molecule has 1 amide bonds. The minimum atomic E-state index is -0.586. The number of fused-ring (bicyclic) bond motifs is 4. The number of benzene rings is 4. The molecule has 5 aromatic rings. The first-order valence-corrected chi connectivity index (χ1v) is 12.9. The van der Waals surface area contributed by atoms with Gasteiger partial charge in [0.2, 0.25) is 0 Å². The highest BCUT2D eigenvalue weighted by Crippen LogP contribution is 2.45. The Kier molecular flexibility index (Phi) is 6.61. The van der Waals surface area contributed by atoms with Crippen LogP contribution in [0.2, 0.25) is 0 Å². The molecule has 8 heteroatoms. The minimum absolute atomic E-state index is 0.0164. The number of halogens is 1. The second-order valence-corrected chi connectivity index (χ2v) is 9.76. The maximum absolute atomic E-state index is 15.0. The van der Waals surface area contributed by atoms with Crippen LogP contribution in [0.15, 0.2) is 79.0 Å². The number of aliphatic hydroxyl groups excluding tert-OH is 1. The molecule has 1 aliphatic heterocycles. The number of H-pyrrole nitrogens is 1. The molecule has 40 heavy (non-hydrogen) atoms. The molecule has 6 rings (SSSR count). The van der Waals surface area contributed by atoms with Crippen molar-refractivity contribution < 1.29 is 28.9 Å². The number of para-hydroxylation sites is 1. The van der Waals surface area contributed by atoms with E-state index < -0.39 is 17.8 Å². The van der Waals surface area contributed by atoms with Crippen LogP contribution in [-0.2, 0) is 13.0 Å². The molecule has 202 valence electrons. The fourth-order valence-corrected chi connectivity index (χ4v) is 5.29. The molecular formula is C32H27FN2O5. The van der Waals surface area contributed by atoms with E-state index in [4.69, 9.17) is 9.47 Å². The van der Waals surface area contributed by atoms with Crippen molar-refractivity contribution in [2.24, 2.45) is 0 Å². The Balaban J connectivity index is 1.42. The first-order valence-electron chi connectivity index (χ1n) is 12.9. The van der Waals surface area contributed by atoms with Crippen LogP contribution in [0, 0.1) is 5.82 Å². The van der Waals surface area contributed by atoms with Crippen LogP contribution in [0.5, 0.6) is 17.2 Å². The van der Waals surface area contributed by atoms with E-state index >= 15 is 4.39 Å². The number of aliphatic hydroxyl groups is 1. The van der Waals surface area contributed by atoms with Gasteiger partial charge < -0.3 is 30.0 Å². The summed E-state index contributed by atoms with van der Waals surface area (Å²) in [5.74, 6) is -0.186. The second kappa shape index (κ2) is 10.4. The topological polar surface area (TPSA) is 104 Å². The zero-order chi connectivity index (χ0) is 27.8. The number of aromatic amines is 1. The van der Waals surface area contributed by atoms with Crippen molar-refractivity contribution in [3.8, 4) is 39.5 Å². The lowest BCUT2D eigenvalue weighted by Gasteiger charge is -2.25. The van der Waals surface area contributed by atoms with Crippen molar-refractivity contribution in [3.63, 3.8) is 0 Å². The highest BCUT2D eigenvalue weighted by atomic mass is 19.1. The Bertz CT molecular complexity index is 1750. The summed E-state index contributed by atoms with van der Waals surface area (Å²) in [5.41, 5.74) is 4.86. The molecule has 1 aliphatic rings. The summed E-state index contributed by atoms with van der Waals surface area (Å²) >= 11 is 0. The summed E-state index contributed by atoms with van der Waals surface area (Å²) in [5, 5.41) is 24.4. The lowest BCUT2D eigenvalue weighted by atomic mass is 9.90. The molecule has 0 spiro atoms. The van der Waals surface area contributed by atoms with Crippen LogP contribution >= 0.6 is 0 Å². The Morgan fingerprint density at radius 3 is 2.65 bits per heavy atom. The number of aromatic hydroxyl groups is 1. The van der Waals surface area contributed by atoms with Gasteiger partial charge in [-0.2, -0.15) is 0 Å². The molecular weight excluding hydrogens is 511 g/mol. The third-order valence-corrected chi connectivity index (χ3v) is 7.30. The van der Waals surface area contributed by atoms with Crippen LogP contribution in [0.4, 0.5) is 4.39 Å². The maximum Gasteiger partial charge on any atom is 0.252 e. The standard InChI is InChI=1S/C32H27FN2O5/c1-39-31-13-23-19(11-29(31)37)17-40-30-14-24(22-7-2-4-8-27(22)33)26(12-25(23)30)32(38)35-20(16-36)10-18-15-34-28-9-5-3-6-21(18)28/h2-9,11-15,20,34,36-37H,10,16-17H2,1H3,(H,35,38). The Morgan fingerprint density at radius 1 is 1.05 bits per heavy atom. The van der Waals surface area contributed by atoms with E-state index in [9.17, 15) is 15.0 Å². The zero-order valence-electron chi connectivity index (χ0n) is 21.7. The normalized spacial score (nSPS) is 12.8. The van der Waals surface area contributed by atoms with Crippen molar-refractivity contribution >= 4 is 16.8 Å². The van der Waals surface area contributed by atoms with Gasteiger partial charge in [0.25, 0.3) is 5.91 Å². The maximum atomic E-state index is 15.0. The molecule has 4 N–H and O–H groups in total. The number of phenolic OH excluding ortho intramolecular Hbond substituents is 1. The Morgan fingerprint density at radius 2 is 1.85 bits per heavy atom. The highest BCUT2D eigenvalue weighted by Gasteiger charge is 2.26. The molecule has 1 unspecified atom stereocenters. The van der Waals surface area contributed by atoms with Crippen LogP contribution in [-0.4, -0.2) is 40.9 Å². The van der Waals surface area contributed by atoms with E-state index in [-0.39, 0.29) is 35.8 Å². The molecule has 0 fully saturated rings. The number of carbonyl (C=O) groups excluding carboxylic acids is 1. The number of hydrogen-bond acceptors (Lipinski definition) is 5. The van der Waals surface area contributed by atoms with Gasteiger partial charge in [-0.05, 0) is 53.9 Å². The number of nitrogens with one attached hydrogen (secondary N) is 2. The van der Waals surface area contributed by atoms with Crippen molar-refractivity contribution in [2.75, 3.05) is 13.7 Å². The van der Waals surface area contributed by atoms with Crippen LogP contribution in [0.3, 0.4) is 0 Å². The summed E-state index contributed by atoms with van der Waals surface area (Å²) in [7, 11) is 1.46. The number of phenols is 1.